The summed E-state index contributed by atoms with van der Waals surface area (Å²) in [7, 11) is 0. The molecule has 0 radical (unpaired) electrons. The maximum absolute atomic E-state index is 12.8. The minimum atomic E-state index is -2.73. The van der Waals surface area contributed by atoms with Crippen LogP contribution in [0.15, 0.2) is 40.1 Å². The Morgan fingerprint density at radius 3 is 2.73 bits per heavy atom. The highest BCUT2D eigenvalue weighted by Gasteiger charge is 2.27. The number of benzene rings is 1. The number of hydrogen-bond acceptors (Lipinski definition) is 5. The van der Waals surface area contributed by atoms with Crippen molar-refractivity contribution < 1.29 is 13.6 Å². The lowest BCUT2D eigenvalue weighted by Gasteiger charge is -2.09. The van der Waals surface area contributed by atoms with Crippen LogP contribution < -0.4 is 16.6 Å². The number of anilines is 1. The fraction of sp³-hybridized carbons (Fsp3) is 0.211. The summed E-state index contributed by atoms with van der Waals surface area (Å²) < 4.78 is 27.0. The van der Waals surface area contributed by atoms with Crippen LogP contribution in [0.3, 0.4) is 0 Å². The van der Waals surface area contributed by atoms with Gasteiger partial charge >= 0.3 is 5.69 Å². The molecule has 3 heterocycles. The fourth-order valence-electron chi connectivity index (χ4n) is 3.35. The van der Waals surface area contributed by atoms with Gasteiger partial charge in [-0.15, -0.1) is 0 Å². The molecular formula is C19H14F2N6O3. The van der Waals surface area contributed by atoms with Crippen LogP contribution >= 0.6 is 0 Å². The number of carbonyl (C=O) groups excluding carboxylic acids is 1. The van der Waals surface area contributed by atoms with E-state index in [-0.39, 0.29) is 22.6 Å². The van der Waals surface area contributed by atoms with Crippen molar-refractivity contribution in [2.24, 2.45) is 0 Å². The average Bonchev–Trinajstić information content (AvgIpc) is 3.44. The van der Waals surface area contributed by atoms with Crippen molar-refractivity contribution in [1.29, 1.82) is 0 Å². The van der Waals surface area contributed by atoms with Gasteiger partial charge in [0.25, 0.3) is 17.9 Å². The molecule has 1 aromatic carbocycles. The zero-order valence-corrected chi connectivity index (χ0v) is 15.3. The molecule has 9 nitrogen and oxygen atoms in total. The van der Waals surface area contributed by atoms with Gasteiger partial charge in [0.05, 0.1) is 22.0 Å². The van der Waals surface area contributed by atoms with Crippen LogP contribution in [0.1, 0.15) is 41.5 Å². The van der Waals surface area contributed by atoms with Gasteiger partial charge in [0.1, 0.15) is 5.65 Å². The SMILES string of the molecule is O=C(Nc1ccc2nc(C(F)F)[nH]c2c1)c1cnc2c(c1)c(=O)[nH]c(=O)n2C1CC1. The Balaban J connectivity index is 1.48. The molecule has 152 valence electrons. The average molecular weight is 412 g/mol. The summed E-state index contributed by atoms with van der Waals surface area (Å²) in [4.78, 5) is 49.7. The van der Waals surface area contributed by atoms with E-state index in [2.05, 4.69) is 25.3 Å². The van der Waals surface area contributed by atoms with Crippen LogP contribution in [0, 0.1) is 0 Å². The summed E-state index contributed by atoms with van der Waals surface area (Å²) in [5.41, 5.74) is 0.273. The summed E-state index contributed by atoms with van der Waals surface area (Å²) in [6.07, 6.45) is 0.215. The quantitative estimate of drug-likeness (QED) is 0.475. The minimum Gasteiger partial charge on any atom is -0.337 e. The van der Waals surface area contributed by atoms with Gasteiger partial charge in [0.2, 0.25) is 0 Å². The van der Waals surface area contributed by atoms with Gasteiger partial charge in [-0.05, 0) is 37.1 Å². The van der Waals surface area contributed by atoms with Crippen LogP contribution in [-0.4, -0.2) is 30.4 Å². The molecule has 1 amide bonds. The van der Waals surface area contributed by atoms with Gasteiger partial charge in [-0.25, -0.2) is 23.5 Å². The van der Waals surface area contributed by atoms with Crippen molar-refractivity contribution in [3.8, 4) is 0 Å². The van der Waals surface area contributed by atoms with E-state index in [4.69, 9.17) is 0 Å². The number of hydrogen-bond donors (Lipinski definition) is 3. The highest BCUT2D eigenvalue weighted by atomic mass is 19.3. The molecule has 3 aromatic heterocycles. The van der Waals surface area contributed by atoms with Crippen LogP contribution in [-0.2, 0) is 0 Å². The first-order valence-corrected chi connectivity index (χ1v) is 9.14. The molecule has 5 rings (SSSR count). The number of carbonyl (C=O) groups is 1. The van der Waals surface area contributed by atoms with E-state index in [1.165, 1.54) is 35.0 Å². The molecule has 30 heavy (non-hydrogen) atoms. The fourth-order valence-corrected chi connectivity index (χ4v) is 3.35. The molecule has 0 aliphatic heterocycles. The number of halogens is 2. The third-order valence-corrected chi connectivity index (χ3v) is 4.92. The highest BCUT2D eigenvalue weighted by Crippen LogP contribution is 2.34. The third-order valence-electron chi connectivity index (χ3n) is 4.92. The van der Waals surface area contributed by atoms with Gasteiger partial charge in [-0.1, -0.05) is 0 Å². The number of amides is 1. The molecule has 1 fully saturated rings. The predicted molar refractivity (Wildman–Crippen MR) is 104 cm³/mol. The number of imidazole rings is 1. The molecular weight excluding hydrogens is 398 g/mol. The predicted octanol–water partition coefficient (Wildman–Crippen LogP) is 2.49. The Labute approximate surface area is 165 Å². The molecule has 0 atom stereocenters. The van der Waals surface area contributed by atoms with Crippen LogP contribution in [0.2, 0.25) is 0 Å². The van der Waals surface area contributed by atoms with E-state index < -0.39 is 29.4 Å². The minimum absolute atomic E-state index is 0.00305. The van der Waals surface area contributed by atoms with Gasteiger partial charge < -0.3 is 10.3 Å². The number of alkyl halides is 2. The van der Waals surface area contributed by atoms with Crippen molar-refractivity contribution in [2.45, 2.75) is 25.3 Å². The first-order chi connectivity index (χ1) is 14.4. The van der Waals surface area contributed by atoms with Gasteiger partial charge in [0, 0.05) is 17.9 Å². The van der Waals surface area contributed by atoms with Crippen LogP contribution in [0.4, 0.5) is 14.5 Å². The molecule has 0 unspecified atom stereocenters. The molecule has 3 N–H and O–H groups in total. The lowest BCUT2D eigenvalue weighted by molar-refractivity contribution is 0.102. The number of fused-ring (bicyclic) bond motifs is 2. The highest BCUT2D eigenvalue weighted by molar-refractivity contribution is 6.06. The molecule has 0 bridgehead atoms. The number of nitrogens with one attached hydrogen (secondary N) is 3. The maximum Gasteiger partial charge on any atom is 0.330 e. The second-order valence-electron chi connectivity index (χ2n) is 7.06. The van der Waals surface area contributed by atoms with E-state index in [9.17, 15) is 23.2 Å². The summed E-state index contributed by atoms with van der Waals surface area (Å²) in [5, 5.41) is 2.78. The van der Waals surface area contributed by atoms with Crippen LogP contribution in [0.5, 0.6) is 0 Å². The summed E-state index contributed by atoms with van der Waals surface area (Å²) in [6, 6.07) is 5.90. The summed E-state index contributed by atoms with van der Waals surface area (Å²) in [6.45, 7) is 0. The smallest absolute Gasteiger partial charge is 0.330 e. The van der Waals surface area contributed by atoms with E-state index in [1.807, 2.05) is 0 Å². The van der Waals surface area contributed by atoms with E-state index >= 15 is 0 Å². The van der Waals surface area contributed by atoms with Crippen molar-refractivity contribution in [3.05, 3.63) is 62.7 Å². The summed E-state index contributed by atoms with van der Waals surface area (Å²) >= 11 is 0. The first-order valence-electron chi connectivity index (χ1n) is 9.14. The number of H-pyrrole nitrogens is 2. The Morgan fingerprint density at radius 2 is 2.00 bits per heavy atom. The van der Waals surface area contributed by atoms with Crippen molar-refractivity contribution in [1.82, 2.24) is 24.5 Å². The molecule has 11 heteroatoms. The standard InChI is InChI=1S/C19H14F2N6O3/c20-14(21)15-24-12-4-1-9(6-13(12)25-15)23-17(28)8-5-11-16(22-7-8)27(10-2-3-10)19(30)26-18(11)29/h1,4-7,10,14H,2-3H2,(H,23,28)(H,24,25)(H,26,29,30). The number of pyridine rings is 1. The Morgan fingerprint density at radius 1 is 1.20 bits per heavy atom. The van der Waals surface area contributed by atoms with Crippen LogP contribution in [0.25, 0.3) is 22.1 Å². The van der Waals surface area contributed by atoms with Crippen molar-refractivity contribution >= 4 is 33.7 Å². The van der Waals surface area contributed by atoms with Crippen molar-refractivity contribution in [2.75, 3.05) is 5.32 Å². The Bertz CT molecular complexity index is 1430. The zero-order valence-electron chi connectivity index (χ0n) is 15.3. The molecule has 4 aromatic rings. The summed E-state index contributed by atoms with van der Waals surface area (Å²) in [5.74, 6) is -0.992. The lowest BCUT2D eigenvalue weighted by Crippen LogP contribution is -2.30. The number of aromatic nitrogens is 5. The monoisotopic (exact) mass is 412 g/mol. The second-order valence-corrected chi connectivity index (χ2v) is 7.06. The molecule has 1 aliphatic carbocycles. The Kier molecular flexibility index (Phi) is 3.98. The van der Waals surface area contributed by atoms with Crippen molar-refractivity contribution in [3.63, 3.8) is 0 Å². The largest absolute Gasteiger partial charge is 0.337 e. The van der Waals surface area contributed by atoms with E-state index in [1.54, 1.807) is 0 Å². The van der Waals surface area contributed by atoms with E-state index in [0.717, 1.165) is 12.8 Å². The van der Waals surface area contributed by atoms with E-state index in [0.29, 0.717) is 16.7 Å². The maximum atomic E-state index is 12.8. The second kappa shape index (κ2) is 6.58. The molecule has 0 saturated heterocycles. The first kappa shape index (κ1) is 18.2. The molecule has 0 spiro atoms. The van der Waals surface area contributed by atoms with Gasteiger partial charge in [-0.3, -0.25) is 19.1 Å². The zero-order chi connectivity index (χ0) is 21.0. The normalized spacial score (nSPS) is 14.0. The topological polar surface area (TPSA) is 126 Å². The molecule has 1 saturated carbocycles. The lowest BCUT2D eigenvalue weighted by atomic mass is 10.2. The Hall–Kier alpha value is -3.89. The van der Waals surface area contributed by atoms with Gasteiger partial charge in [-0.2, -0.15) is 0 Å². The third kappa shape index (κ3) is 3.04. The molecule has 1 aliphatic rings. The number of aromatic amines is 2. The number of nitrogens with zero attached hydrogens (tertiary/aromatic N) is 3. The number of rotatable bonds is 4. The van der Waals surface area contributed by atoms with Gasteiger partial charge in [0.15, 0.2) is 5.82 Å².